The van der Waals surface area contributed by atoms with Crippen LogP contribution in [0.25, 0.3) is 0 Å². The zero-order valence-electron chi connectivity index (χ0n) is 10.6. The second kappa shape index (κ2) is 7.07. The summed E-state index contributed by atoms with van der Waals surface area (Å²) in [6.07, 6.45) is 1.60. The van der Waals surface area contributed by atoms with Crippen LogP contribution < -0.4 is 11.1 Å². The summed E-state index contributed by atoms with van der Waals surface area (Å²) in [6.45, 7) is 4.50. The van der Waals surface area contributed by atoms with Crippen LogP contribution in [0.2, 0.25) is 0 Å². The van der Waals surface area contributed by atoms with Crippen molar-refractivity contribution in [2.24, 2.45) is 11.7 Å². The molecule has 0 fully saturated rings. The molecule has 1 aromatic carbocycles. The van der Waals surface area contributed by atoms with Crippen molar-refractivity contribution < 1.29 is 4.79 Å². The molecule has 2 atom stereocenters. The van der Waals surface area contributed by atoms with Gasteiger partial charge in [0.1, 0.15) is 0 Å². The third-order valence-electron chi connectivity index (χ3n) is 2.82. The molecule has 2 unspecified atom stereocenters. The summed E-state index contributed by atoms with van der Waals surface area (Å²) in [7, 11) is 0. The van der Waals surface area contributed by atoms with Gasteiger partial charge >= 0.3 is 0 Å². The normalized spacial score (nSPS) is 14.1. The van der Waals surface area contributed by atoms with E-state index < -0.39 is 0 Å². The molecule has 0 spiro atoms. The third-order valence-corrected chi connectivity index (χ3v) is 2.82. The number of benzene rings is 1. The van der Waals surface area contributed by atoms with Gasteiger partial charge in [0.05, 0.1) is 0 Å². The van der Waals surface area contributed by atoms with E-state index >= 15 is 0 Å². The third kappa shape index (κ3) is 5.00. The van der Waals surface area contributed by atoms with Crippen LogP contribution in [-0.4, -0.2) is 18.5 Å². The summed E-state index contributed by atoms with van der Waals surface area (Å²) in [5.41, 5.74) is 6.68. The van der Waals surface area contributed by atoms with Crippen molar-refractivity contribution in [3.05, 3.63) is 35.9 Å². The van der Waals surface area contributed by atoms with Crippen LogP contribution in [-0.2, 0) is 11.2 Å². The van der Waals surface area contributed by atoms with Gasteiger partial charge in [-0.15, -0.1) is 0 Å². The van der Waals surface area contributed by atoms with Gasteiger partial charge in [0.15, 0.2) is 0 Å². The summed E-state index contributed by atoms with van der Waals surface area (Å²) in [5.74, 6) is 0.0945. The van der Waals surface area contributed by atoms with E-state index in [0.29, 0.717) is 6.54 Å². The van der Waals surface area contributed by atoms with Gasteiger partial charge in [0.2, 0.25) is 5.91 Å². The lowest BCUT2D eigenvalue weighted by molar-refractivity contribution is -0.125. The molecule has 0 aliphatic carbocycles. The van der Waals surface area contributed by atoms with E-state index in [2.05, 4.69) is 17.4 Å². The van der Waals surface area contributed by atoms with Crippen molar-refractivity contribution >= 4 is 5.91 Å². The maximum absolute atomic E-state index is 11.8. The molecule has 1 aromatic rings. The first kappa shape index (κ1) is 13.7. The van der Waals surface area contributed by atoms with Gasteiger partial charge < -0.3 is 11.1 Å². The number of rotatable bonds is 6. The number of amides is 1. The fourth-order valence-corrected chi connectivity index (χ4v) is 1.78. The highest BCUT2D eigenvalue weighted by Gasteiger charge is 2.14. The average molecular weight is 234 g/mol. The lowest BCUT2D eigenvalue weighted by Gasteiger charge is -2.17. The monoisotopic (exact) mass is 234 g/mol. The van der Waals surface area contributed by atoms with Crippen molar-refractivity contribution in [3.8, 4) is 0 Å². The molecule has 0 aliphatic heterocycles. The molecule has 1 rings (SSSR count). The fourth-order valence-electron chi connectivity index (χ4n) is 1.78. The summed E-state index contributed by atoms with van der Waals surface area (Å²) in [6, 6.07) is 10.3. The van der Waals surface area contributed by atoms with E-state index in [4.69, 9.17) is 5.73 Å². The molecule has 0 bridgehead atoms. The molecule has 0 aliphatic rings. The lowest BCUT2D eigenvalue weighted by atomic mass is 10.0. The molecule has 1 amide bonds. The topological polar surface area (TPSA) is 55.1 Å². The molecule has 3 nitrogen and oxygen atoms in total. The first-order valence-electron chi connectivity index (χ1n) is 6.18. The lowest BCUT2D eigenvalue weighted by Crippen LogP contribution is -2.38. The molecule has 0 saturated heterocycles. The molecule has 17 heavy (non-hydrogen) atoms. The molecule has 3 heteroatoms. The van der Waals surface area contributed by atoms with Crippen LogP contribution in [0.3, 0.4) is 0 Å². The number of hydrogen-bond acceptors (Lipinski definition) is 2. The predicted molar refractivity (Wildman–Crippen MR) is 70.6 cm³/mol. The Labute approximate surface area is 103 Å². The van der Waals surface area contributed by atoms with Crippen LogP contribution in [0.15, 0.2) is 30.3 Å². The summed E-state index contributed by atoms with van der Waals surface area (Å²) < 4.78 is 0. The van der Waals surface area contributed by atoms with E-state index in [1.165, 1.54) is 5.56 Å². The summed E-state index contributed by atoms with van der Waals surface area (Å²) in [5, 5.41) is 3.02. The Morgan fingerprint density at radius 1 is 1.29 bits per heavy atom. The summed E-state index contributed by atoms with van der Waals surface area (Å²) in [4.78, 5) is 11.8. The maximum atomic E-state index is 11.8. The van der Waals surface area contributed by atoms with Gasteiger partial charge in [-0.3, -0.25) is 4.79 Å². The molecular weight excluding hydrogens is 212 g/mol. The van der Waals surface area contributed by atoms with E-state index in [1.807, 2.05) is 32.0 Å². The second-order valence-corrected chi connectivity index (χ2v) is 4.58. The Morgan fingerprint density at radius 3 is 2.53 bits per heavy atom. The molecular formula is C14H22N2O. The van der Waals surface area contributed by atoms with Gasteiger partial charge in [-0.05, 0) is 31.9 Å². The molecule has 0 aromatic heterocycles. The van der Waals surface area contributed by atoms with Crippen molar-refractivity contribution in [1.29, 1.82) is 0 Å². The largest absolute Gasteiger partial charge is 0.353 e. The van der Waals surface area contributed by atoms with Gasteiger partial charge in [0.25, 0.3) is 0 Å². The molecule has 94 valence electrons. The van der Waals surface area contributed by atoms with Crippen molar-refractivity contribution in [3.63, 3.8) is 0 Å². The first-order chi connectivity index (χ1) is 8.13. The minimum absolute atomic E-state index is 0.00165. The Balaban J connectivity index is 2.39. The molecule has 0 heterocycles. The smallest absolute Gasteiger partial charge is 0.223 e. The van der Waals surface area contributed by atoms with E-state index in [-0.39, 0.29) is 17.9 Å². The number of carbonyl (C=O) groups is 1. The Hall–Kier alpha value is -1.35. The fraction of sp³-hybridized carbons (Fsp3) is 0.500. The van der Waals surface area contributed by atoms with Gasteiger partial charge in [-0.2, -0.15) is 0 Å². The number of nitrogens with one attached hydrogen (secondary N) is 1. The zero-order valence-corrected chi connectivity index (χ0v) is 10.6. The highest BCUT2D eigenvalue weighted by molar-refractivity contribution is 5.78. The minimum Gasteiger partial charge on any atom is -0.353 e. The number of carbonyl (C=O) groups excluding carboxylic acids is 1. The first-order valence-corrected chi connectivity index (χ1v) is 6.18. The van der Waals surface area contributed by atoms with Crippen LogP contribution in [0.4, 0.5) is 0 Å². The minimum atomic E-state index is -0.00165. The Morgan fingerprint density at radius 2 is 1.94 bits per heavy atom. The molecule has 0 radical (unpaired) electrons. The Bertz CT molecular complexity index is 337. The molecule has 0 saturated carbocycles. The van der Waals surface area contributed by atoms with E-state index in [9.17, 15) is 4.79 Å². The van der Waals surface area contributed by atoms with E-state index in [0.717, 1.165) is 12.8 Å². The highest BCUT2D eigenvalue weighted by Crippen LogP contribution is 2.05. The van der Waals surface area contributed by atoms with Gasteiger partial charge in [-0.1, -0.05) is 37.3 Å². The van der Waals surface area contributed by atoms with Crippen molar-refractivity contribution in [2.75, 3.05) is 6.54 Å². The van der Waals surface area contributed by atoms with E-state index in [1.54, 1.807) is 0 Å². The van der Waals surface area contributed by atoms with Crippen LogP contribution >= 0.6 is 0 Å². The Kier molecular flexibility index (Phi) is 5.70. The quantitative estimate of drug-likeness (QED) is 0.787. The zero-order chi connectivity index (χ0) is 12.7. The van der Waals surface area contributed by atoms with Crippen molar-refractivity contribution in [1.82, 2.24) is 5.32 Å². The predicted octanol–water partition coefficient (Wildman–Crippen LogP) is 1.72. The average Bonchev–Trinajstić information content (AvgIpc) is 2.30. The maximum Gasteiger partial charge on any atom is 0.223 e. The number of nitrogens with two attached hydrogens (primary N) is 1. The summed E-state index contributed by atoms with van der Waals surface area (Å²) >= 11 is 0. The number of hydrogen-bond donors (Lipinski definition) is 2. The van der Waals surface area contributed by atoms with Crippen molar-refractivity contribution in [2.45, 2.75) is 32.7 Å². The van der Waals surface area contributed by atoms with Gasteiger partial charge in [0, 0.05) is 12.0 Å². The van der Waals surface area contributed by atoms with Crippen LogP contribution in [0, 0.1) is 5.92 Å². The highest BCUT2D eigenvalue weighted by atomic mass is 16.1. The second-order valence-electron chi connectivity index (χ2n) is 4.58. The molecule has 3 N–H and O–H groups in total. The van der Waals surface area contributed by atoms with Crippen LogP contribution in [0.5, 0.6) is 0 Å². The SMILES string of the molecule is CC(Cc1ccccc1)NC(=O)C(C)CCN. The van der Waals surface area contributed by atoms with Gasteiger partial charge in [-0.25, -0.2) is 0 Å². The van der Waals surface area contributed by atoms with Crippen LogP contribution in [0.1, 0.15) is 25.8 Å². The standard InChI is InChI=1S/C14H22N2O/c1-11(8-9-15)14(17)16-12(2)10-13-6-4-3-5-7-13/h3-7,11-12H,8-10,15H2,1-2H3,(H,16,17).